The van der Waals surface area contributed by atoms with Gasteiger partial charge in [0.15, 0.2) is 0 Å². The minimum atomic E-state index is -0.897. The Morgan fingerprint density at radius 2 is 1.85 bits per heavy atom. The number of pyridine rings is 1. The van der Waals surface area contributed by atoms with Crippen molar-refractivity contribution in [2.24, 2.45) is 5.92 Å². The second-order valence-electron chi connectivity index (χ2n) is 7.50. The zero-order valence-electron chi connectivity index (χ0n) is 15.0. The highest BCUT2D eigenvalue weighted by Crippen LogP contribution is 2.34. The average Bonchev–Trinajstić information content (AvgIpc) is 3.35. The van der Waals surface area contributed by atoms with Crippen LogP contribution < -0.4 is 0 Å². The maximum Gasteiger partial charge on any atom is 0.252 e. The zero-order chi connectivity index (χ0) is 18.4. The van der Waals surface area contributed by atoms with E-state index in [1.54, 1.807) is 0 Å². The van der Waals surface area contributed by atoms with Crippen LogP contribution in [0.3, 0.4) is 0 Å². The van der Waals surface area contributed by atoms with Gasteiger partial charge in [0, 0.05) is 38.3 Å². The van der Waals surface area contributed by atoms with Crippen molar-refractivity contribution in [3.63, 3.8) is 0 Å². The van der Waals surface area contributed by atoms with Gasteiger partial charge >= 0.3 is 0 Å². The van der Waals surface area contributed by atoms with Crippen molar-refractivity contribution in [1.29, 1.82) is 0 Å². The molecule has 2 fully saturated rings. The number of likely N-dealkylation sites (tertiary alicyclic amines) is 2. The predicted octanol–water partition coefficient (Wildman–Crippen LogP) is 1.54. The highest BCUT2D eigenvalue weighted by Gasteiger charge is 2.51. The van der Waals surface area contributed by atoms with Gasteiger partial charge in [-0.1, -0.05) is 36.4 Å². The van der Waals surface area contributed by atoms with Crippen molar-refractivity contribution >= 4 is 11.6 Å². The molecule has 2 saturated heterocycles. The molecule has 0 aliphatic carbocycles. The van der Waals surface area contributed by atoms with Gasteiger partial charge in [-0.2, -0.15) is 0 Å². The van der Waals surface area contributed by atoms with E-state index in [-0.39, 0.29) is 17.9 Å². The van der Waals surface area contributed by atoms with E-state index in [2.05, 4.69) is 14.3 Å². The summed E-state index contributed by atoms with van der Waals surface area (Å²) in [6, 6.07) is 16.0. The molecule has 5 rings (SSSR count). The van der Waals surface area contributed by atoms with Crippen LogP contribution in [-0.2, 0) is 17.9 Å². The van der Waals surface area contributed by atoms with Crippen molar-refractivity contribution in [3.05, 3.63) is 72.2 Å². The summed E-state index contributed by atoms with van der Waals surface area (Å²) in [7, 11) is 0. The molecule has 6 nitrogen and oxygen atoms in total. The van der Waals surface area contributed by atoms with Crippen LogP contribution in [0.15, 0.2) is 60.9 Å². The Labute approximate surface area is 157 Å². The summed E-state index contributed by atoms with van der Waals surface area (Å²) in [6.07, 6.45) is 3.03. The van der Waals surface area contributed by atoms with Crippen molar-refractivity contribution < 1.29 is 9.90 Å². The van der Waals surface area contributed by atoms with Crippen LogP contribution in [0, 0.1) is 5.92 Å². The topological polar surface area (TPSA) is 61.1 Å². The van der Waals surface area contributed by atoms with Crippen molar-refractivity contribution in [2.75, 3.05) is 13.1 Å². The fourth-order valence-electron chi connectivity index (χ4n) is 4.49. The number of amides is 1. The van der Waals surface area contributed by atoms with Gasteiger partial charge in [-0.05, 0) is 17.7 Å². The first-order valence-corrected chi connectivity index (χ1v) is 9.36. The second-order valence-corrected chi connectivity index (χ2v) is 7.50. The number of rotatable bonds is 4. The smallest absolute Gasteiger partial charge is 0.252 e. The van der Waals surface area contributed by atoms with Crippen LogP contribution >= 0.6 is 0 Å². The van der Waals surface area contributed by atoms with E-state index in [4.69, 9.17) is 0 Å². The molecule has 0 spiro atoms. The van der Waals surface area contributed by atoms with E-state index in [0.29, 0.717) is 6.54 Å². The highest BCUT2D eigenvalue weighted by atomic mass is 16.3. The quantitative estimate of drug-likeness (QED) is 0.765. The van der Waals surface area contributed by atoms with Gasteiger partial charge in [0.25, 0.3) is 5.91 Å². The van der Waals surface area contributed by atoms with Crippen molar-refractivity contribution in [3.8, 4) is 0 Å². The number of aliphatic hydroxyl groups excluding tert-OH is 1. The summed E-state index contributed by atoms with van der Waals surface area (Å²) >= 11 is 0. The Hall–Kier alpha value is -2.70. The fraction of sp³-hybridized carbons (Fsp3) is 0.333. The maximum atomic E-state index is 12.6. The van der Waals surface area contributed by atoms with Gasteiger partial charge in [0.05, 0.1) is 17.9 Å². The molecule has 6 heteroatoms. The second kappa shape index (κ2) is 6.48. The molecule has 138 valence electrons. The summed E-state index contributed by atoms with van der Waals surface area (Å²) in [4.78, 5) is 21.2. The number of hydrogen-bond acceptors (Lipinski definition) is 4. The van der Waals surface area contributed by atoms with E-state index in [1.807, 2.05) is 65.8 Å². The highest BCUT2D eigenvalue weighted by molar-refractivity contribution is 5.84. The third kappa shape index (κ3) is 2.81. The first kappa shape index (κ1) is 16.5. The molecule has 1 amide bonds. The number of nitrogens with zero attached hydrogens (tertiary/aromatic N) is 4. The average molecular weight is 362 g/mol. The standard InChI is InChI=1S/C21H22N4O2/c26-20-17-13-23(12-16-10-22-19-8-4-5-9-24(16)19)14-18(17)25(21(20)27)11-15-6-2-1-3-7-15/h1-10,17-18,20,26H,11-14H2/t17-,18+,20-/m0/s1. The summed E-state index contributed by atoms with van der Waals surface area (Å²) < 4.78 is 2.09. The summed E-state index contributed by atoms with van der Waals surface area (Å²) in [5.41, 5.74) is 3.16. The molecule has 1 aromatic carbocycles. The Morgan fingerprint density at radius 3 is 2.70 bits per heavy atom. The number of hydrogen-bond donors (Lipinski definition) is 1. The van der Waals surface area contributed by atoms with Crippen LogP contribution in [0.1, 0.15) is 11.3 Å². The lowest BCUT2D eigenvalue weighted by Gasteiger charge is -2.25. The van der Waals surface area contributed by atoms with E-state index in [9.17, 15) is 9.90 Å². The van der Waals surface area contributed by atoms with Crippen LogP contribution in [0.5, 0.6) is 0 Å². The van der Waals surface area contributed by atoms with E-state index >= 15 is 0 Å². The first-order valence-electron chi connectivity index (χ1n) is 9.36. The third-order valence-electron chi connectivity index (χ3n) is 5.83. The normalized spacial score (nSPS) is 25.4. The van der Waals surface area contributed by atoms with Gasteiger partial charge in [-0.25, -0.2) is 4.98 Å². The van der Waals surface area contributed by atoms with Crippen LogP contribution in [-0.4, -0.2) is 55.4 Å². The number of benzene rings is 1. The third-order valence-corrected chi connectivity index (χ3v) is 5.83. The van der Waals surface area contributed by atoms with Crippen LogP contribution in [0.4, 0.5) is 0 Å². The monoisotopic (exact) mass is 362 g/mol. The maximum absolute atomic E-state index is 12.6. The first-order chi connectivity index (χ1) is 13.2. The number of aliphatic hydroxyl groups is 1. The van der Waals surface area contributed by atoms with E-state index in [0.717, 1.165) is 36.5 Å². The molecule has 2 aliphatic rings. The Bertz CT molecular complexity index is 970. The number of aromatic nitrogens is 2. The minimum absolute atomic E-state index is 0.0274. The Balaban J connectivity index is 1.34. The van der Waals surface area contributed by atoms with Crippen molar-refractivity contribution in [2.45, 2.75) is 25.2 Å². The number of fused-ring (bicyclic) bond motifs is 2. The van der Waals surface area contributed by atoms with E-state index in [1.165, 1.54) is 0 Å². The molecule has 3 aromatic rings. The van der Waals surface area contributed by atoms with Gasteiger partial charge in [-0.15, -0.1) is 0 Å². The molecule has 1 N–H and O–H groups in total. The summed E-state index contributed by atoms with van der Waals surface area (Å²) in [6.45, 7) is 2.82. The molecule has 0 radical (unpaired) electrons. The Kier molecular flexibility index (Phi) is 3.95. The molecule has 0 saturated carbocycles. The van der Waals surface area contributed by atoms with Gasteiger partial charge < -0.3 is 14.4 Å². The fourth-order valence-corrected chi connectivity index (χ4v) is 4.49. The SMILES string of the molecule is O=C1[C@@H](O)[C@H]2CN(Cc3cnc4ccccn34)C[C@H]2N1Cc1ccccc1. The Morgan fingerprint density at radius 1 is 1.04 bits per heavy atom. The molecular formula is C21H22N4O2. The van der Waals surface area contributed by atoms with Gasteiger partial charge in [-0.3, -0.25) is 9.69 Å². The molecule has 0 unspecified atom stereocenters. The molecule has 4 heterocycles. The molecule has 27 heavy (non-hydrogen) atoms. The summed E-state index contributed by atoms with van der Waals surface area (Å²) in [5, 5.41) is 10.5. The molecule has 3 atom stereocenters. The number of carbonyl (C=O) groups is 1. The molecule has 2 aromatic heterocycles. The largest absolute Gasteiger partial charge is 0.383 e. The summed E-state index contributed by atoms with van der Waals surface area (Å²) in [5.74, 6) is -0.163. The predicted molar refractivity (Wildman–Crippen MR) is 101 cm³/mol. The molecule has 2 aliphatic heterocycles. The number of carbonyl (C=O) groups excluding carboxylic acids is 1. The lowest BCUT2D eigenvalue weighted by Crippen LogP contribution is -2.38. The zero-order valence-corrected chi connectivity index (χ0v) is 15.0. The van der Waals surface area contributed by atoms with Crippen LogP contribution in [0.2, 0.25) is 0 Å². The van der Waals surface area contributed by atoms with Gasteiger partial charge in [0.1, 0.15) is 11.8 Å². The van der Waals surface area contributed by atoms with Crippen LogP contribution in [0.25, 0.3) is 5.65 Å². The minimum Gasteiger partial charge on any atom is -0.383 e. The van der Waals surface area contributed by atoms with Crippen molar-refractivity contribution in [1.82, 2.24) is 19.2 Å². The molecule has 0 bridgehead atoms. The molecular weight excluding hydrogens is 340 g/mol. The van der Waals surface area contributed by atoms with E-state index < -0.39 is 6.10 Å². The van der Waals surface area contributed by atoms with Gasteiger partial charge in [0.2, 0.25) is 0 Å². The number of imidazole rings is 1. The lowest BCUT2D eigenvalue weighted by atomic mass is 10.0. The lowest BCUT2D eigenvalue weighted by molar-refractivity contribution is -0.136.